The number of carbonyl (C=O) groups is 3. The molecular weight excluding hydrogens is 271 g/mol. The van der Waals surface area contributed by atoms with Gasteiger partial charge in [0.25, 0.3) is 5.91 Å². The second-order valence-corrected chi connectivity index (χ2v) is 4.69. The molecule has 3 N–H and O–H groups in total. The van der Waals surface area contributed by atoms with E-state index < -0.39 is 29.9 Å². The summed E-state index contributed by atoms with van der Waals surface area (Å²) in [5.41, 5.74) is 0.154. The van der Waals surface area contributed by atoms with Gasteiger partial charge in [0.1, 0.15) is 17.1 Å². The van der Waals surface area contributed by atoms with Crippen LogP contribution in [0.3, 0.4) is 0 Å². The van der Waals surface area contributed by atoms with Crippen LogP contribution in [-0.2, 0) is 14.4 Å². The topological polar surface area (TPSA) is 107 Å². The number of hydrogen-bond acceptors (Lipinski definition) is 5. The molecule has 0 aromatic carbocycles. The van der Waals surface area contributed by atoms with Crippen molar-refractivity contribution in [2.24, 2.45) is 0 Å². The van der Waals surface area contributed by atoms with Gasteiger partial charge in [-0.3, -0.25) is 14.5 Å². The fourth-order valence-corrected chi connectivity index (χ4v) is 3.24. The zero-order valence-electron chi connectivity index (χ0n) is 10.6. The average Bonchev–Trinajstić information content (AvgIpc) is 2.33. The van der Waals surface area contributed by atoms with Crippen molar-refractivity contribution in [3.05, 3.63) is 11.3 Å². The molecule has 18 heavy (non-hydrogen) atoms. The number of nitrogens with zero attached hydrogens (tertiary/aromatic N) is 1. The molecule has 2 rings (SSSR count). The van der Waals surface area contributed by atoms with E-state index in [1.165, 1.54) is 11.8 Å². The second kappa shape index (κ2) is 6.07. The number of thioether (sulfide) groups is 1. The molecule has 2 aliphatic heterocycles. The van der Waals surface area contributed by atoms with Crippen LogP contribution in [0.25, 0.3) is 0 Å². The van der Waals surface area contributed by atoms with E-state index in [2.05, 4.69) is 5.32 Å². The van der Waals surface area contributed by atoms with Gasteiger partial charge in [-0.2, -0.15) is 0 Å². The summed E-state index contributed by atoms with van der Waals surface area (Å²) < 4.78 is 0. The number of nitrogens with one attached hydrogen (secondary N) is 1. The molecule has 2 heterocycles. The largest absolute Gasteiger partial charge is 1.00 e. The van der Waals surface area contributed by atoms with Crippen LogP contribution in [0.4, 0.5) is 0 Å². The molecule has 0 saturated carbocycles. The first-order chi connectivity index (χ1) is 8.11. The maximum absolute atomic E-state index is 11.7. The van der Waals surface area contributed by atoms with Gasteiger partial charge in [0.05, 0.1) is 6.61 Å². The second-order valence-electron chi connectivity index (χ2n) is 3.59. The molecular formula is C9H11N2NaO5S. The van der Waals surface area contributed by atoms with Crippen molar-refractivity contribution in [1.82, 2.24) is 10.2 Å². The Kier molecular flexibility index (Phi) is 5.23. The van der Waals surface area contributed by atoms with Crippen LogP contribution in [0.2, 0.25) is 0 Å². The molecule has 2 amide bonds. The van der Waals surface area contributed by atoms with Crippen molar-refractivity contribution < 1.29 is 55.6 Å². The number of carbonyl (C=O) groups excluding carboxylic acids is 2. The fraction of sp³-hybridized carbons (Fsp3) is 0.444. The third-order valence-corrected chi connectivity index (χ3v) is 4.03. The summed E-state index contributed by atoms with van der Waals surface area (Å²) in [6.45, 7) is -0.392. The number of fused-ring (bicyclic) bond motifs is 1. The van der Waals surface area contributed by atoms with Crippen molar-refractivity contribution in [3.8, 4) is 0 Å². The predicted octanol–water partition coefficient (Wildman–Crippen LogP) is -4.54. The summed E-state index contributed by atoms with van der Waals surface area (Å²) >= 11 is 1.32. The van der Waals surface area contributed by atoms with Gasteiger partial charge in [-0.05, 0) is 5.57 Å². The van der Waals surface area contributed by atoms with Crippen LogP contribution in [-0.4, -0.2) is 57.2 Å². The van der Waals surface area contributed by atoms with Gasteiger partial charge in [0, 0.05) is 5.75 Å². The van der Waals surface area contributed by atoms with Gasteiger partial charge in [-0.25, -0.2) is 4.79 Å². The van der Waals surface area contributed by atoms with Gasteiger partial charge in [-0.1, -0.05) is 0 Å². The molecule has 94 valence electrons. The number of hydrogen-bond donors (Lipinski definition) is 3. The summed E-state index contributed by atoms with van der Waals surface area (Å²) in [6.07, 6.45) is 0.423. The average molecular weight is 282 g/mol. The molecule has 0 spiro atoms. The van der Waals surface area contributed by atoms with Crippen molar-refractivity contribution in [2.75, 3.05) is 12.4 Å². The quantitative estimate of drug-likeness (QED) is 0.272. The Balaban J connectivity index is 0.00000162. The number of carboxylic acids is 1. The Hall–Kier alpha value is -0.540. The smallest absolute Gasteiger partial charge is 1.00 e. The standard InChI is InChI=1S/C9H10N2O5S.Na.H/c12-1-4-2-17-8-5(10-3-13)7(14)11(8)6(4)9(15)16;;/h3,5,8,12H,1-2H2,(H,10,13)(H,15,16);;/q;+1;-1/t5-,8-;;/m1../s1. The minimum absolute atomic E-state index is 0. The zero-order chi connectivity index (χ0) is 12.6. The Bertz CT molecular complexity index is 433. The molecule has 0 radical (unpaired) electrons. The van der Waals surface area contributed by atoms with E-state index in [9.17, 15) is 14.4 Å². The molecule has 0 aromatic heterocycles. The monoisotopic (exact) mass is 282 g/mol. The van der Waals surface area contributed by atoms with Gasteiger partial charge in [-0.15, -0.1) is 11.8 Å². The Morgan fingerprint density at radius 3 is 2.83 bits per heavy atom. The first-order valence-corrected chi connectivity index (χ1v) is 5.87. The van der Waals surface area contributed by atoms with E-state index in [0.29, 0.717) is 17.7 Å². The number of rotatable bonds is 4. The number of carboxylic acid groups (broad SMARTS) is 1. The third-order valence-electron chi connectivity index (χ3n) is 2.69. The van der Waals surface area contributed by atoms with E-state index in [0.717, 1.165) is 4.90 Å². The summed E-state index contributed by atoms with van der Waals surface area (Å²) in [6, 6.07) is -0.674. The first kappa shape index (κ1) is 15.5. The van der Waals surface area contributed by atoms with Gasteiger partial charge in [0.2, 0.25) is 6.41 Å². The molecule has 0 unspecified atom stereocenters. The van der Waals surface area contributed by atoms with Gasteiger partial charge in [0.15, 0.2) is 0 Å². The van der Waals surface area contributed by atoms with Crippen LogP contribution in [0.15, 0.2) is 11.3 Å². The summed E-state index contributed by atoms with van der Waals surface area (Å²) in [5.74, 6) is -1.36. The Morgan fingerprint density at radius 2 is 2.33 bits per heavy atom. The van der Waals surface area contributed by atoms with Crippen molar-refractivity contribution in [2.45, 2.75) is 11.4 Å². The minimum Gasteiger partial charge on any atom is -1.00 e. The van der Waals surface area contributed by atoms with Crippen LogP contribution in [0, 0.1) is 0 Å². The molecule has 9 heteroatoms. The zero-order valence-corrected chi connectivity index (χ0v) is 12.4. The molecule has 1 fully saturated rings. The van der Waals surface area contributed by atoms with E-state index in [-0.39, 0.29) is 36.7 Å². The van der Waals surface area contributed by atoms with Crippen LogP contribution >= 0.6 is 11.8 Å². The van der Waals surface area contributed by atoms with Crippen molar-refractivity contribution in [3.63, 3.8) is 0 Å². The van der Waals surface area contributed by atoms with E-state index in [4.69, 9.17) is 10.2 Å². The van der Waals surface area contributed by atoms with Crippen LogP contribution in [0.5, 0.6) is 0 Å². The number of aliphatic hydroxyl groups excluding tert-OH is 1. The van der Waals surface area contributed by atoms with E-state index in [1.54, 1.807) is 0 Å². The van der Waals surface area contributed by atoms with E-state index >= 15 is 0 Å². The Morgan fingerprint density at radius 1 is 1.67 bits per heavy atom. The molecule has 2 atom stereocenters. The summed E-state index contributed by atoms with van der Waals surface area (Å²) in [7, 11) is 0. The summed E-state index contributed by atoms with van der Waals surface area (Å²) in [5, 5.41) is 20.0. The molecule has 0 bridgehead atoms. The molecule has 2 aliphatic rings. The molecule has 0 aromatic rings. The maximum Gasteiger partial charge on any atom is 1.00 e. The number of amides is 2. The summed E-state index contributed by atoms with van der Waals surface area (Å²) in [4.78, 5) is 34.2. The van der Waals surface area contributed by atoms with Crippen LogP contribution in [0.1, 0.15) is 1.43 Å². The maximum atomic E-state index is 11.7. The van der Waals surface area contributed by atoms with Gasteiger partial charge < -0.3 is 17.0 Å². The molecule has 1 saturated heterocycles. The normalized spacial score (nSPS) is 25.8. The molecule has 7 nitrogen and oxygen atoms in total. The Labute approximate surface area is 130 Å². The minimum atomic E-state index is -1.24. The SMILES string of the molecule is O=CN[C@@H]1C(=O)N2C(C(=O)O)=C(CO)CS[C@H]12.[H-].[Na+]. The fourth-order valence-electron chi connectivity index (χ4n) is 1.90. The number of aliphatic hydroxyl groups is 1. The predicted molar refractivity (Wildman–Crippen MR) is 58.9 cm³/mol. The number of β-lactam (4-membered cyclic amide) rings is 1. The van der Waals surface area contributed by atoms with Crippen LogP contribution < -0.4 is 34.9 Å². The van der Waals surface area contributed by atoms with E-state index in [1.807, 2.05) is 0 Å². The van der Waals surface area contributed by atoms with Crippen molar-refractivity contribution in [1.29, 1.82) is 0 Å². The third kappa shape index (κ3) is 2.30. The molecule has 0 aliphatic carbocycles. The first-order valence-electron chi connectivity index (χ1n) is 4.82. The van der Waals surface area contributed by atoms with Gasteiger partial charge >= 0.3 is 35.5 Å². The number of aliphatic carboxylic acids is 1. The van der Waals surface area contributed by atoms with Crippen molar-refractivity contribution >= 4 is 30.0 Å².